The van der Waals surface area contributed by atoms with Crippen molar-refractivity contribution in [2.45, 2.75) is 32.1 Å². The van der Waals surface area contributed by atoms with E-state index < -0.39 is 5.97 Å². The summed E-state index contributed by atoms with van der Waals surface area (Å²) in [6, 6.07) is 0. The third-order valence-electron chi connectivity index (χ3n) is 2.69. The van der Waals surface area contributed by atoms with Crippen LogP contribution >= 0.6 is 11.3 Å². The Hall–Kier alpha value is -1.10. The highest BCUT2D eigenvalue weighted by molar-refractivity contribution is 7.17. The Bertz CT molecular complexity index is 399. The molecule has 0 spiro atoms. The number of thiazole rings is 1. The molecule has 0 amide bonds. The number of anilines is 1. The van der Waals surface area contributed by atoms with Gasteiger partial charge in [0.05, 0.1) is 5.69 Å². The molecule has 0 aromatic carbocycles. The normalized spacial score (nSPS) is 15.1. The number of carboxylic acids is 1. The summed E-state index contributed by atoms with van der Waals surface area (Å²) in [6.07, 6.45) is 3.21. The summed E-state index contributed by atoms with van der Waals surface area (Å²) in [7, 11) is 1.96. The molecule has 1 aliphatic rings. The molecule has 16 heavy (non-hydrogen) atoms. The molecule has 1 aromatic heterocycles. The molecular weight excluding hydrogens is 224 g/mol. The fourth-order valence-electron chi connectivity index (χ4n) is 1.70. The number of carbonyl (C=O) groups is 1. The molecule has 1 saturated carbocycles. The van der Waals surface area contributed by atoms with Gasteiger partial charge in [0.25, 0.3) is 0 Å². The lowest BCUT2D eigenvalue weighted by atomic mass is 10.2. The SMILES string of the molecule is CCCN(C)c1nc(C2CC2)c(C(=O)O)s1. The van der Waals surface area contributed by atoms with E-state index in [4.69, 9.17) is 5.11 Å². The minimum absolute atomic E-state index is 0.395. The Labute approximate surface area is 98.9 Å². The second-order valence-corrected chi connectivity index (χ2v) is 5.19. The van der Waals surface area contributed by atoms with Crippen LogP contribution in [0.15, 0.2) is 0 Å². The number of nitrogens with zero attached hydrogens (tertiary/aromatic N) is 2. The molecule has 88 valence electrons. The number of rotatable bonds is 5. The van der Waals surface area contributed by atoms with Gasteiger partial charge in [-0.2, -0.15) is 0 Å². The van der Waals surface area contributed by atoms with Gasteiger partial charge in [0, 0.05) is 19.5 Å². The van der Waals surface area contributed by atoms with E-state index in [1.807, 2.05) is 11.9 Å². The van der Waals surface area contributed by atoms with Gasteiger partial charge in [-0.15, -0.1) is 0 Å². The van der Waals surface area contributed by atoms with Crippen molar-refractivity contribution < 1.29 is 9.90 Å². The topological polar surface area (TPSA) is 53.4 Å². The lowest BCUT2D eigenvalue weighted by Gasteiger charge is -2.13. The molecule has 0 unspecified atom stereocenters. The van der Waals surface area contributed by atoms with Gasteiger partial charge < -0.3 is 10.0 Å². The molecule has 1 aliphatic carbocycles. The molecule has 0 radical (unpaired) electrons. The molecule has 0 bridgehead atoms. The Morgan fingerprint density at radius 2 is 2.31 bits per heavy atom. The lowest BCUT2D eigenvalue weighted by Crippen LogP contribution is -2.17. The molecule has 0 aliphatic heterocycles. The largest absolute Gasteiger partial charge is 0.477 e. The van der Waals surface area contributed by atoms with Crippen molar-refractivity contribution >= 4 is 22.4 Å². The Morgan fingerprint density at radius 1 is 1.62 bits per heavy atom. The molecule has 1 heterocycles. The summed E-state index contributed by atoms with van der Waals surface area (Å²) >= 11 is 1.30. The minimum atomic E-state index is -0.837. The van der Waals surface area contributed by atoms with Crippen LogP contribution in [-0.2, 0) is 0 Å². The predicted molar refractivity (Wildman–Crippen MR) is 64.6 cm³/mol. The van der Waals surface area contributed by atoms with Gasteiger partial charge in [-0.25, -0.2) is 9.78 Å². The van der Waals surface area contributed by atoms with Gasteiger partial charge in [-0.1, -0.05) is 18.3 Å². The summed E-state index contributed by atoms with van der Waals surface area (Å²) in [5.74, 6) is -0.443. The quantitative estimate of drug-likeness (QED) is 0.859. The van der Waals surface area contributed by atoms with Crippen molar-refractivity contribution in [3.63, 3.8) is 0 Å². The zero-order valence-electron chi connectivity index (χ0n) is 9.56. The van der Waals surface area contributed by atoms with Crippen molar-refractivity contribution in [3.05, 3.63) is 10.6 Å². The lowest BCUT2D eigenvalue weighted by molar-refractivity contribution is 0.0700. The average molecular weight is 240 g/mol. The average Bonchev–Trinajstić information content (AvgIpc) is 2.97. The van der Waals surface area contributed by atoms with Crippen LogP contribution in [0.2, 0.25) is 0 Å². The van der Waals surface area contributed by atoms with Gasteiger partial charge in [0.15, 0.2) is 5.13 Å². The highest BCUT2D eigenvalue weighted by atomic mass is 32.1. The summed E-state index contributed by atoms with van der Waals surface area (Å²) in [4.78, 5) is 18.0. The predicted octanol–water partition coefficient (Wildman–Crippen LogP) is 2.56. The highest BCUT2D eigenvalue weighted by Crippen LogP contribution is 2.44. The maximum Gasteiger partial charge on any atom is 0.347 e. The van der Waals surface area contributed by atoms with Gasteiger partial charge in [0.2, 0.25) is 0 Å². The van der Waals surface area contributed by atoms with E-state index in [-0.39, 0.29) is 0 Å². The number of hydrogen-bond donors (Lipinski definition) is 1. The molecule has 1 N–H and O–H groups in total. The first-order chi connectivity index (χ1) is 7.63. The Morgan fingerprint density at radius 3 is 2.81 bits per heavy atom. The number of hydrogen-bond acceptors (Lipinski definition) is 4. The van der Waals surface area contributed by atoms with E-state index >= 15 is 0 Å². The maximum atomic E-state index is 11.1. The zero-order chi connectivity index (χ0) is 11.7. The molecule has 1 aromatic rings. The molecule has 5 heteroatoms. The highest BCUT2D eigenvalue weighted by Gasteiger charge is 2.32. The molecule has 4 nitrogen and oxygen atoms in total. The third kappa shape index (κ3) is 2.19. The number of aromatic carboxylic acids is 1. The zero-order valence-corrected chi connectivity index (χ0v) is 10.4. The van der Waals surface area contributed by atoms with E-state index in [1.54, 1.807) is 0 Å². The minimum Gasteiger partial charge on any atom is -0.477 e. The molecular formula is C11H16N2O2S. The van der Waals surface area contributed by atoms with Crippen LogP contribution in [0.25, 0.3) is 0 Å². The molecule has 2 rings (SSSR count). The van der Waals surface area contributed by atoms with Crippen LogP contribution in [0.3, 0.4) is 0 Å². The van der Waals surface area contributed by atoms with Crippen molar-refractivity contribution in [3.8, 4) is 0 Å². The first kappa shape index (κ1) is 11.4. The maximum absolute atomic E-state index is 11.1. The molecule has 0 saturated heterocycles. The first-order valence-corrected chi connectivity index (χ1v) is 6.40. The van der Waals surface area contributed by atoms with Crippen LogP contribution in [0, 0.1) is 0 Å². The van der Waals surface area contributed by atoms with Crippen molar-refractivity contribution in [2.24, 2.45) is 0 Å². The van der Waals surface area contributed by atoms with Gasteiger partial charge >= 0.3 is 5.97 Å². The van der Waals surface area contributed by atoms with Crippen LogP contribution in [0.5, 0.6) is 0 Å². The standard InChI is InChI=1S/C11H16N2O2S/c1-3-6-13(2)11-12-8(7-4-5-7)9(16-11)10(14)15/h7H,3-6H2,1-2H3,(H,14,15). The van der Waals surface area contributed by atoms with Crippen LogP contribution in [0.1, 0.15) is 47.5 Å². The monoisotopic (exact) mass is 240 g/mol. The first-order valence-electron chi connectivity index (χ1n) is 5.58. The second kappa shape index (κ2) is 4.41. The van der Waals surface area contributed by atoms with Crippen molar-refractivity contribution in [1.29, 1.82) is 0 Å². The summed E-state index contributed by atoms with van der Waals surface area (Å²) in [6.45, 7) is 3.01. The van der Waals surface area contributed by atoms with Crippen LogP contribution in [0.4, 0.5) is 5.13 Å². The third-order valence-corrected chi connectivity index (χ3v) is 3.86. The summed E-state index contributed by atoms with van der Waals surface area (Å²) in [5.41, 5.74) is 0.801. The smallest absolute Gasteiger partial charge is 0.347 e. The van der Waals surface area contributed by atoms with Gasteiger partial charge in [0.1, 0.15) is 4.88 Å². The van der Waals surface area contributed by atoms with E-state index in [2.05, 4.69) is 11.9 Å². The summed E-state index contributed by atoms with van der Waals surface area (Å²) < 4.78 is 0. The summed E-state index contributed by atoms with van der Waals surface area (Å²) in [5, 5.41) is 9.95. The molecule has 1 fully saturated rings. The van der Waals surface area contributed by atoms with Crippen molar-refractivity contribution in [2.75, 3.05) is 18.5 Å². The van der Waals surface area contributed by atoms with E-state index in [0.717, 1.165) is 36.6 Å². The van der Waals surface area contributed by atoms with E-state index in [0.29, 0.717) is 10.8 Å². The van der Waals surface area contributed by atoms with Crippen molar-refractivity contribution in [1.82, 2.24) is 4.98 Å². The fourth-order valence-corrected chi connectivity index (χ4v) is 2.68. The second-order valence-electron chi connectivity index (χ2n) is 4.21. The van der Waals surface area contributed by atoms with Gasteiger partial charge in [-0.3, -0.25) is 0 Å². The molecule has 0 atom stereocenters. The Kier molecular flexibility index (Phi) is 3.14. The van der Waals surface area contributed by atoms with E-state index in [9.17, 15) is 4.79 Å². The van der Waals surface area contributed by atoms with E-state index in [1.165, 1.54) is 11.3 Å². The van der Waals surface area contributed by atoms with Gasteiger partial charge in [-0.05, 0) is 19.3 Å². The van der Waals surface area contributed by atoms with Crippen LogP contribution < -0.4 is 4.90 Å². The Balaban J connectivity index is 2.27. The fraction of sp³-hybridized carbons (Fsp3) is 0.636. The van der Waals surface area contributed by atoms with Crippen LogP contribution in [-0.4, -0.2) is 29.7 Å². The number of aromatic nitrogens is 1. The number of carboxylic acid groups (broad SMARTS) is 1.